The van der Waals surface area contributed by atoms with Gasteiger partial charge >= 0.3 is 11.9 Å². The Morgan fingerprint density at radius 3 is 2.42 bits per heavy atom. The molecular weight excluding hydrogens is 308 g/mol. The second kappa shape index (κ2) is 10.1. The molecule has 0 radical (unpaired) electrons. The molecule has 0 spiro atoms. The highest BCUT2D eigenvalue weighted by molar-refractivity contribution is 5.72. The predicted octanol–water partition coefficient (Wildman–Crippen LogP) is 3.12. The van der Waals surface area contributed by atoms with Crippen LogP contribution in [0.2, 0.25) is 0 Å². The number of hydrogen-bond acceptors (Lipinski definition) is 5. The number of rotatable bonds is 8. The minimum Gasteiger partial charge on any atom is -0.464 e. The molecule has 0 aromatic heterocycles. The number of carbonyl (C=O) groups is 2. The van der Waals surface area contributed by atoms with Gasteiger partial charge in [0.05, 0.1) is 19.1 Å². The minimum absolute atomic E-state index is 0.00683. The molecule has 0 aliphatic heterocycles. The molecule has 0 N–H and O–H groups in total. The Morgan fingerprint density at radius 2 is 1.75 bits per heavy atom. The first kappa shape index (κ1) is 18.5. The molecule has 0 saturated heterocycles. The summed E-state index contributed by atoms with van der Waals surface area (Å²) in [7, 11) is 0. The first-order valence-electron chi connectivity index (χ1n) is 8.63. The fourth-order valence-electron chi connectivity index (χ4n) is 2.92. The van der Waals surface area contributed by atoms with Crippen LogP contribution in [0.1, 0.15) is 38.2 Å². The maximum atomic E-state index is 12.1. The zero-order valence-electron chi connectivity index (χ0n) is 14.2. The number of carbonyl (C=O) groups excluding carboxylic acids is 2. The topological polar surface area (TPSA) is 61.8 Å². The summed E-state index contributed by atoms with van der Waals surface area (Å²) in [4.78, 5) is 23.3. The number of esters is 2. The van der Waals surface area contributed by atoms with Crippen LogP contribution in [-0.4, -0.2) is 31.8 Å². The van der Waals surface area contributed by atoms with Crippen LogP contribution in [-0.2, 0) is 30.4 Å². The fraction of sp³-hybridized carbons (Fsp3) is 0.579. The molecule has 1 aromatic carbocycles. The third-order valence-corrected chi connectivity index (χ3v) is 4.28. The van der Waals surface area contributed by atoms with E-state index in [9.17, 15) is 9.59 Å². The van der Waals surface area contributed by atoms with E-state index < -0.39 is 0 Å². The van der Waals surface area contributed by atoms with Crippen molar-refractivity contribution in [1.82, 2.24) is 0 Å². The molecule has 5 heteroatoms. The molecular formula is C19H26O5. The van der Waals surface area contributed by atoms with E-state index in [-0.39, 0.29) is 24.5 Å². The highest BCUT2D eigenvalue weighted by Crippen LogP contribution is 2.30. The van der Waals surface area contributed by atoms with Gasteiger partial charge in [-0.2, -0.15) is 0 Å². The second-order valence-electron chi connectivity index (χ2n) is 6.13. The molecule has 0 heterocycles. The zero-order valence-corrected chi connectivity index (χ0v) is 14.2. The van der Waals surface area contributed by atoms with Crippen molar-refractivity contribution in [2.24, 2.45) is 11.8 Å². The summed E-state index contributed by atoms with van der Waals surface area (Å²) in [5.74, 6) is -0.0481. The summed E-state index contributed by atoms with van der Waals surface area (Å²) in [5, 5.41) is 0. The molecule has 1 aromatic rings. The van der Waals surface area contributed by atoms with Crippen LogP contribution in [0, 0.1) is 11.8 Å². The van der Waals surface area contributed by atoms with E-state index >= 15 is 0 Å². The quantitative estimate of drug-likeness (QED) is 0.684. The summed E-state index contributed by atoms with van der Waals surface area (Å²) in [6, 6.07) is 9.71. The highest BCUT2D eigenvalue weighted by atomic mass is 16.6. The maximum Gasteiger partial charge on any atom is 0.332 e. The Morgan fingerprint density at radius 1 is 1.04 bits per heavy atom. The molecule has 1 fully saturated rings. The van der Waals surface area contributed by atoms with Gasteiger partial charge < -0.3 is 14.2 Å². The second-order valence-corrected chi connectivity index (χ2v) is 6.13. The Balaban J connectivity index is 1.61. The van der Waals surface area contributed by atoms with Gasteiger partial charge in [0.25, 0.3) is 0 Å². The summed E-state index contributed by atoms with van der Waals surface area (Å²) in [6.45, 7) is 3.04. The number of hydrogen-bond donors (Lipinski definition) is 0. The van der Waals surface area contributed by atoms with E-state index in [0.717, 1.165) is 31.2 Å². The molecule has 2 rings (SSSR count). The smallest absolute Gasteiger partial charge is 0.332 e. The van der Waals surface area contributed by atoms with Gasteiger partial charge in [0.15, 0.2) is 0 Å². The number of benzene rings is 1. The van der Waals surface area contributed by atoms with Crippen molar-refractivity contribution in [2.75, 3.05) is 19.8 Å². The molecule has 0 atom stereocenters. The minimum atomic E-state index is -0.323. The van der Waals surface area contributed by atoms with Crippen molar-refractivity contribution in [3.05, 3.63) is 35.9 Å². The van der Waals surface area contributed by atoms with Gasteiger partial charge in [-0.1, -0.05) is 30.3 Å². The molecule has 1 aliphatic carbocycles. The molecule has 1 saturated carbocycles. The predicted molar refractivity (Wildman–Crippen MR) is 89.1 cm³/mol. The van der Waals surface area contributed by atoms with Gasteiger partial charge in [-0.3, -0.25) is 4.79 Å². The lowest BCUT2D eigenvalue weighted by molar-refractivity contribution is -0.151. The van der Waals surface area contributed by atoms with Crippen molar-refractivity contribution >= 4 is 11.9 Å². The normalized spacial score (nSPS) is 20.4. The molecule has 0 unspecified atom stereocenters. The van der Waals surface area contributed by atoms with Crippen molar-refractivity contribution in [1.29, 1.82) is 0 Å². The Bertz CT molecular complexity index is 506. The molecule has 0 bridgehead atoms. The van der Waals surface area contributed by atoms with Gasteiger partial charge in [-0.25, -0.2) is 4.79 Å². The third kappa shape index (κ3) is 6.32. The summed E-state index contributed by atoms with van der Waals surface area (Å²) in [5.41, 5.74) is 1.01. The first-order chi connectivity index (χ1) is 11.7. The molecule has 0 amide bonds. The average molecular weight is 334 g/mol. The van der Waals surface area contributed by atoms with Crippen LogP contribution in [0.5, 0.6) is 0 Å². The van der Waals surface area contributed by atoms with E-state index in [1.54, 1.807) is 6.92 Å². The van der Waals surface area contributed by atoms with E-state index in [4.69, 9.17) is 14.2 Å². The van der Waals surface area contributed by atoms with E-state index in [1.807, 2.05) is 30.3 Å². The van der Waals surface area contributed by atoms with E-state index in [1.165, 1.54) is 0 Å². The molecule has 24 heavy (non-hydrogen) atoms. The van der Waals surface area contributed by atoms with Crippen LogP contribution < -0.4 is 0 Å². The summed E-state index contributed by atoms with van der Waals surface area (Å²) in [6.07, 6.45) is 3.49. The van der Waals surface area contributed by atoms with Crippen LogP contribution in [0.3, 0.4) is 0 Å². The van der Waals surface area contributed by atoms with Gasteiger partial charge in [0.2, 0.25) is 0 Å². The molecule has 5 nitrogen and oxygen atoms in total. The zero-order chi connectivity index (χ0) is 17.2. The van der Waals surface area contributed by atoms with Crippen molar-refractivity contribution < 1.29 is 23.8 Å². The average Bonchev–Trinajstić information content (AvgIpc) is 2.61. The van der Waals surface area contributed by atoms with Gasteiger partial charge in [0.1, 0.15) is 13.2 Å². The summed E-state index contributed by atoms with van der Waals surface area (Å²) >= 11 is 0. The Hall–Kier alpha value is -1.88. The Kier molecular flexibility index (Phi) is 7.75. The lowest BCUT2D eigenvalue weighted by Crippen LogP contribution is -2.26. The van der Waals surface area contributed by atoms with Crippen molar-refractivity contribution in [3.63, 3.8) is 0 Å². The lowest BCUT2D eigenvalue weighted by atomic mass is 9.82. The van der Waals surface area contributed by atoms with E-state index in [2.05, 4.69) is 0 Å². The van der Waals surface area contributed by atoms with Crippen molar-refractivity contribution in [2.45, 2.75) is 39.2 Å². The fourth-order valence-corrected chi connectivity index (χ4v) is 2.92. The maximum absolute atomic E-state index is 12.1. The van der Waals surface area contributed by atoms with Crippen molar-refractivity contribution in [3.8, 4) is 0 Å². The van der Waals surface area contributed by atoms with Gasteiger partial charge in [0, 0.05) is 0 Å². The van der Waals surface area contributed by atoms with Gasteiger partial charge in [-0.05, 0) is 44.1 Å². The Labute approximate surface area is 143 Å². The number of ether oxygens (including phenoxy) is 3. The standard InChI is InChI=1S/C19H26O5/c1-2-23-18(20)14-22-12-16-8-10-17(11-9-16)19(21)24-13-15-6-4-3-5-7-15/h3-7,16-17H,2,8-14H2,1H3. The molecule has 132 valence electrons. The SMILES string of the molecule is CCOC(=O)COCC1CCC(C(=O)OCc2ccccc2)CC1. The van der Waals surface area contributed by atoms with E-state index in [0.29, 0.717) is 25.7 Å². The van der Waals surface area contributed by atoms with Gasteiger partial charge in [-0.15, -0.1) is 0 Å². The lowest BCUT2D eigenvalue weighted by Gasteiger charge is -2.27. The molecule has 1 aliphatic rings. The van der Waals surface area contributed by atoms with Crippen LogP contribution >= 0.6 is 0 Å². The largest absolute Gasteiger partial charge is 0.464 e. The highest BCUT2D eigenvalue weighted by Gasteiger charge is 2.27. The monoisotopic (exact) mass is 334 g/mol. The van der Waals surface area contributed by atoms with Crippen LogP contribution in [0.15, 0.2) is 30.3 Å². The van der Waals surface area contributed by atoms with Crippen LogP contribution in [0.25, 0.3) is 0 Å². The first-order valence-corrected chi connectivity index (χ1v) is 8.63. The summed E-state index contributed by atoms with van der Waals surface area (Å²) < 4.78 is 15.6. The third-order valence-electron chi connectivity index (χ3n) is 4.28. The van der Waals surface area contributed by atoms with Crippen LogP contribution in [0.4, 0.5) is 0 Å².